The number of aromatic nitrogens is 4. The maximum absolute atomic E-state index is 12.0. The van der Waals surface area contributed by atoms with Crippen LogP contribution in [0.15, 0.2) is 16.9 Å². The van der Waals surface area contributed by atoms with Crippen LogP contribution < -0.4 is 10.4 Å². The van der Waals surface area contributed by atoms with Crippen LogP contribution in [0.5, 0.6) is 6.01 Å². The van der Waals surface area contributed by atoms with E-state index in [1.54, 1.807) is 13.0 Å². The molecule has 0 saturated carbocycles. The van der Waals surface area contributed by atoms with E-state index < -0.39 is 11.8 Å². The van der Waals surface area contributed by atoms with Gasteiger partial charge in [0.15, 0.2) is 5.65 Å². The molecular formula is C12H8Cl2N4O4. The molecular weight excluding hydrogens is 335 g/mol. The molecule has 114 valence electrons. The predicted octanol–water partition coefficient (Wildman–Crippen LogP) is 2.41. The van der Waals surface area contributed by atoms with Gasteiger partial charge in [-0.2, -0.15) is 9.50 Å². The summed E-state index contributed by atoms with van der Waals surface area (Å²) in [6, 6.07) is 2.74. The van der Waals surface area contributed by atoms with E-state index in [2.05, 4.69) is 19.8 Å². The molecule has 22 heavy (non-hydrogen) atoms. The third-order valence-corrected chi connectivity index (χ3v) is 3.26. The van der Waals surface area contributed by atoms with Crippen molar-refractivity contribution in [1.29, 1.82) is 0 Å². The topological polar surface area (TPSA) is 98.6 Å². The highest BCUT2D eigenvalue weighted by Gasteiger charge is 2.16. The summed E-state index contributed by atoms with van der Waals surface area (Å²) in [7, 11) is 0. The average Bonchev–Trinajstić information content (AvgIpc) is 2.85. The number of carbonyl (C=O) groups is 1. The molecule has 0 aliphatic rings. The quantitative estimate of drug-likeness (QED) is 0.718. The van der Waals surface area contributed by atoms with Gasteiger partial charge in [0.05, 0.1) is 17.1 Å². The van der Waals surface area contributed by atoms with E-state index in [1.807, 2.05) is 0 Å². The molecule has 0 aliphatic carbocycles. The van der Waals surface area contributed by atoms with Crippen LogP contribution in [0.4, 0.5) is 4.79 Å². The summed E-state index contributed by atoms with van der Waals surface area (Å²) in [5.41, 5.74) is -0.0703. The Bertz CT molecular complexity index is 950. The summed E-state index contributed by atoms with van der Waals surface area (Å²) in [4.78, 5) is 29.8. The van der Waals surface area contributed by atoms with Crippen molar-refractivity contribution in [2.24, 2.45) is 0 Å². The van der Waals surface area contributed by atoms with Gasteiger partial charge < -0.3 is 14.5 Å². The third-order valence-electron chi connectivity index (χ3n) is 2.74. The SMILES string of the molecule is CCOC(=O)Oc1nc2c3cc(Cl)cc(Cl)c3[nH]c(=O)n2n1. The molecule has 3 rings (SSSR count). The molecule has 0 radical (unpaired) electrons. The maximum Gasteiger partial charge on any atom is 0.516 e. The second-order valence-corrected chi connectivity index (χ2v) is 5.00. The summed E-state index contributed by atoms with van der Waals surface area (Å²) in [5.74, 6) is 0. The number of fused-ring (bicyclic) bond motifs is 3. The van der Waals surface area contributed by atoms with Crippen LogP contribution in [0.1, 0.15) is 6.92 Å². The molecule has 0 amide bonds. The first-order chi connectivity index (χ1) is 10.5. The van der Waals surface area contributed by atoms with Crippen molar-refractivity contribution in [3.8, 4) is 6.01 Å². The molecule has 3 aromatic rings. The van der Waals surface area contributed by atoms with Crippen molar-refractivity contribution in [1.82, 2.24) is 19.6 Å². The Morgan fingerprint density at radius 2 is 2.18 bits per heavy atom. The van der Waals surface area contributed by atoms with Crippen molar-refractivity contribution in [3.63, 3.8) is 0 Å². The summed E-state index contributed by atoms with van der Waals surface area (Å²) in [6.45, 7) is 1.77. The van der Waals surface area contributed by atoms with Crippen LogP contribution in [0.25, 0.3) is 16.6 Å². The number of ether oxygens (including phenoxy) is 2. The molecule has 2 heterocycles. The molecule has 10 heteroatoms. The molecule has 0 fully saturated rings. The first kappa shape index (κ1) is 14.6. The fraction of sp³-hybridized carbons (Fsp3) is 0.167. The van der Waals surface area contributed by atoms with Crippen LogP contribution in [-0.4, -0.2) is 32.3 Å². The van der Waals surface area contributed by atoms with Crippen molar-refractivity contribution in [2.75, 3.05) is 6.61 Å². The molecule has 0 saturated heterocycles. The smallest absolute Gasteiger partial charge is 0.434 e. The van der Waals surface area contributed by atoms with Crippen molar-refractivity contribution in [2.45, 2.75) is 6.92 Å². The van der Waals surface area contributed by atoms with E-state index in [0.717, 1.165) is 4.52 Å². The fourth-order valence-corrected chi connectivity index (χ4v) is 2.45. The van der Waals surface area contributed by atoms with Crippen molar-refractivity contribution < 1.29 is 14.3 Å². The highest BCUT2D eigenvalue weighted by molar-refractivity contribution is 6.38. The number of nitrogens with zero attached hydrogens (tertiary/aromatic N) is 3. The normalized spacial score (nSPS) is 11.0. The first-order valence-corrected chi connectivity index (χ1v) is 6.87. The maximum atomic E-state index is 12.0. The minimum Gasteiger partial charge on any atom is -0.434 e. The first-order valence-electron chi connectivity index (χ1n) is 6.12. The zero-order valence-electron chi connectivity index (χ0n) is 11.1. The summed E-state index contributed by atoms with van der Waals surface area (Å²) in [5, 5.41) is 4.88. The lowest BCUT2D eigenvalue weighted by Gasteiger charge is -2.02. The van der Waals surface area contributed by atoms with Crippen LogP contribution in [0.2, 0.25) is 10.0 Å². The van der Waals surface area contributed by atoms with Gasteiger partial charge in [-0.3, -0.25) is 0 Å². The minimum absolute atomic E-state index is 0.140. The molecule has 1 aromatic carbocycles. The van der Waals surface area contributed by atoms with Crippen molar-refractivity contribution >= 4 is 45.9 Å². The molecule has 0 atom stereocenters. The fourth-order valence-electron chi connectivity index (χ4n) is 1.91. The van der Waals surface area contributed by atoms with Gasteiger partial charge in [-0.25, -0.2) is 9.59 Å². The van der Waals surface area contributed by atoms with Gasteiger partial charge in [-0.05, 0) is 19.1 Å². The number of hydrogen-bond donors (Lipinski definition) is 1. The van der Waals surface area contributed by atoms with Crippen LogP contribution >= 0.6 is 23.2 Å². The third kappa shape index (κ3) is 2.46. The number of rotatable bonds is 2. The Labute approximate surface area is 132 Å². The van der Waals surface area contributed by atoms with Gasteiger partial charge >= 0.3 is 17.9 Å². The van der Waals surface area contributed by atoms with Crippen LogP contribution in [-0.2, 0) is 4.74 Å². The largest absolute Gasteiger partial charge is 0.516 e. The second-order valence-electron chi connectivity index (χ2n) is 4.16. The number of hydrogen-bond acceptors (Lipinski definition) is 6. The number of H-pyrrole nitrogens is 1. The van der Waals surface area contributed by atoms with Crippen LogP contribution in [0.3, 0.4) is 0 Å². The lowest BCUT2D eigenvalue weighted by molar-refractivity contribution is 0.101. The van der Waals surface area contributed by atoms with E-state index in [-0.39, 0.29) is 23.3 Å². The summed E-state index contributed by atoms with van der Waals surface area (Å²) < 4.78 is 10.3. The van der Waals surface area contributed by atoms with E-state index in [1.165, 1.54) is 6.07 Å². The molecule has 0 aliphatic heterocycles. The van der Waals surface area contributed by atoms with E-state index in [4.69, 9.17) is 27.9 Å². The highest BCUT2D eigenvalue weighted by Crippen LogP contribution is 2.28. The van der Waals surface area contributed by atoms with Gasteiger partial charge in [0, 0.05) is 10.4 Å². The van der Waals surface area contributed by atoms with Gasteiger partial charge in [0.25, 0.3) is 0 Å². The Kier molecular flexibility index (Phi) is 3.63. The zero-order chi connectivity index (χ0) is 15.9. The second kappa shape index (κ2) is 5.47. The highest BCUT2D eigenvalue weighted by atomic mass is 35.5. The number of halogens is 2. The predicted molar refractivity (Wildman–Crippen MR) is 78.8 cm³/mol. The summed E-state index contributed by atoms with van der Waals surface area (Å²) in [6.07, 6.45) is -0.963. The molecule has 0 bridgehead atoms. The molecule has 0 spiro atoms. The minimum atomic E-state index is -0.963. The zero-order valence-corrected chi connectivity index (χ0v) is 12.6. The van der Waals surface area contributed by atoms with Gasteiger partial charge in [-0.1, -0.05) is 23.2 Å². The number of nitrogens with one attached hydrogen (secondary N) is 1. The monoisotopic (exact) mass is 342 g/mol. The lowest BCUT2D eigenvalue weighted by atomic mass is 10.2. The number of aromatic amines is 1. The molecule has 2 aromatic heterocycles. The van der Waals surface area contributed by atoms with Gasteiger partial charge in [0.1, 0.15) is 0 Å². The average molecular weight is 343 g/mol. The van der Waals surface area contributed by atoms with E-state index in [0.29, 0.717) is 15.9 Å². The Morgan fingerprint density at radius 3 is 2.91 bits per heavy atom. The molecule has 8 nitrogen and oxygen atoms in total. The van der Waals surface area contributed by atoms with Crippen LogP contribution in [0, 0.1) is 0 Å². The lowest BCUT2D eigenvalue weighted by Crippen LogP contribution is -2.18. The standard InChI is InChI=1S/C12H8Cl2N4O4/c1-2-21-12(20)22-10-16-9-6-3-5(13)4-7(14)8(6)15-11(19)18(9)17-10/h3-4H,2H2,1H3,(H,15,19). The van der Waals surface area contributed by atoms with E-state index >= 15 is 0 Å². The molecule has 0 unspecified atom stereocenters. The van der Waals surface area contributed by atoms with Gasteiger partial charge in [-0.15, -0.1) is 5.10 Å². The number of carbonyl (C=O) groups excluding carboxylic acids is 1. The van der Waals surface area contributed by atoms with Gasteiger partial charge in [0.2, 0.25) is 0 Å². The number of benzene rings is 1. The Balaban J connectivity index is 2.22. The molecule has 1 N–H and O–H groups in total. The van der Waals surface area contributed by atoms with E-state index in [9.17, 15) is 9.59 Å². The Hall–Kier alpha value is -2.32. The van der Waals surface area contributed by atoms with Crippen molar-refractivity contribution in [3.05, 3.63) is 32.7 Å². The Morgan fingerprint density at radius 1 is 1.41 bits per heavy atom. The summed E-state index contributed by atoms with van der Waals surface area (Å²) >= 11 is 12.0.